The van der Waals surface area contributed by atoms with Crippen molar-refractivity contribution in [1.29, 1.82) is 0 Å². The fraction of sp³-hybridized carbons (Fsp3) is 0.385. The summed E-state index contributed by atoms with van der Waals surface area (Å²) in [5, 5.41) is 11.9. The zero-order chi connectivity index (χ0) is 15.4. The van der Waals surface area contributed by atoms with Crippen LogP contribution in [0.25, 0.3) is 0 Å². The van der Waals surface area contributed by atoms with E-state index in [0.717, 1.165) is 6.42 Å². The molecule has 0 bridgehead atoms. The first-order valence-electron chi connectivity index (χ1n) is 6.04. The van der Waals surface area contributed by atoms with Gasteiger partial charge in [0.1, 0.15) is 0 Å². The Labute approximate surface area is 134 Å². The Bertz CT molecular complexity index is 535. The van der Waals surface area contributed by atoms with E-state index in [0.29, 0.717) is 8.95 Å². The standard InChI is InChI=1S/C13H16Br2N2O3/c1-4-7(2)17(3)13(20)16-11-9(12(18)19)5-8(14)6-10(11)15/h5-7H,4H2,1-3H3,(H,16,20)(H,18,19). The number of halogens is 2. The number of hydrogen-bond donors (Lipinski definition) is 2. The van der Waals surface area contributed by atoms with Crippen molar-refractivity contribution in [3.8, 4) is 0 Å². The fourth-order valence-electron chi connectivity index (χ4n) is 1.54. The van der Waals surface area contributed by atoms with Crippen LogP contribution >= 0.6 is 31.9 Å². The Morgan fingerprint density at radius 2 is 2.00 bits per heavy atom. The molecule has 0 saturated carbocycles. The molecule has 1 atom stereocenters. The van der Waals surface area contributed by atoms with Crippen LogP contribution in [0.4, 0.5) is 10.5 Å². The van der Waals surface area contributed by atoms with Crippen molar-refractivity contribution in [2.75, 3.05) is 12.4 Å². The van der Waals surface area contributed by atoms with E-state index in [-0.39, 0.29) is 23.3 Å². The van der Waals surface area contributed by atoms with Gasteiger partial charge in [0.05, 0.1) is 11.3 Å². The number of carbonyl (C=O) groups is 2. The summed E-state index contributed by atoms with van der Waals surface area (Å²) in [6.07, 6.45) is 0.817. The fourth-order valence-corrected chi connectivity index (χ4v) is 2.86. The van der Waals surface area contributed by atoms with Gasteiger partial charge in [-0.15, -0.1) is 0 Å². The van der Waals surface area contributed by atoms with Gasteiger partial charge in [0.15, 0.2) is 0 Å². The number of hydrogen-bond acceptors (Lipinski definition) is 2. The second kappa shape index (κ2) is 7.08. The van der Waals surface area contributed by atoms with Gasteiger partial charge in [-0.1, -0.05) is 22.9 Å². The lowest BCUT2D eigenvalue weighted by Gasteiger charge is -2.24. The highest BCUT2D eigenvalue weighted by Gasteiger charge is 2.20. The molecule has 1 aromatic rings. The lowest BCUT2D eigenvalue weighted by Crippen LogP contribution is -2.38. The lowest BCUT2D eigenvalue weighted by molar-refractivity contribution is 0.0698. The molecule has 5 nitrogen and oxygen atoms in total. The van der Waals surface area contributed by atoms with Crippen LogP contribution in [0.15, 0.2) is 21.1 Å². The quantitative estimate of drug-likeness (QED) is 0.786. The third-order valence-corrected chi connectivity index (χ3v) is 4.17. The molecule has 0 heterocycles. The van der Waals surface area contributed by atoms with Gasteiger partial charge in [0.2, 0.25) is 0 Å². The second-order valence-corrected chi connectivity index (χ2v) is 6.18. The monoisotopic (exact) mass is 406 g/mol. The van der Waals surface area contributed by atoms with Crippen LogP contribution in [-0.4, -0.2) is 35.1 Å². The number of rotatable bonds is 4. The number of nitrogens with one attached hydrogen (secondary N) is 1. The van der Waals surface area contributed by atoms with Crippen molar-refractivity contribution in [3.63, 3.8) is 0 Å². The van der Waals surface area contributed by atoms with Gasteiger partial charge < -0.3 is 15.3 Å². The van der Waals surface area contributed by atoms with Crippen LogP contribution in [0, 0.1) is 0 Å². The summed E-state index contributed by atoms with van der Waals surface area (Å²) in [7, 11) is 1.68. The first kappa shape index (κ1) is 17.0. The van der Waals surface area contributed by atoms with Crippen molar-refractivity contribution >= 4 is 49.5 Å². The number of carbonyl (C=O) groups excluding carboxylic acids is 1. The lowest BCUT2D eigenvalue weighted by atomic mass is 10.2. The van der Waals surface area contributed by atoms with Crippen molar-refractivity contribution in [2.24, 2.45) is 0 Å². The SMILES string of the molecule is CCC(C)N(C)C(=O)Nc1c(Br)cc(Br)cc1C(=O)O. The largest absolute Gasteiger partial charge is 0.478 e. The molecule has 0 saturated heterocycles. The van der Waals surface area contributed by atoms with Crippen molar-refractivity contribution in [3.05, 3.63) is 26.6 Å². The van der Waals surface area contributed by atoms with E-state index >= 15 is 0 Å². The molecule has 1 rings (SSSR count). The van der Waals surface area contributed by atoms with Crippen LogP contribution in [0.1, 0.15) is 30.6 Å². The second-order valence-electron chi connectivity index (χ2n) is 4.41. The molecule has 0 aromatic heterocycles. The van der Waals surface area contributed by atoms with Crippen molar-refractivity contribution in [2.45, 2.75) is 26.3 Å². The van der Waals surface area contributed by atoms with E-state index < -0.39 is 5.97 Å². The van der Waals surface area contributed by atoms with E-state index in [1.54, 1.807) is 18.0 Å². The third kappa shape index (κ3) is 3.96. The molecule has 20 heavy (non-hydrogen) atoms. The summed E-state index contributed by atoms with van der Waals surface area (Å²) in [4.78, 5) is 24.9. The summed E-state index contributed by atoms with van der Waals surface area (Å²) in [6.45, 7) is 3.90. The number of aromatic carboxylic acids is 1. The van der Waals surface area contributed by atoms with Crippen LogP contribution in [0.2, 0.25) is 0 Å². The number of carboxylic acids is 1. The summed E-state index contributed by atoms with van der Waals surface area (Å²) in [5.74, 6) is -1.10. The van der Waals surface area contributed by atoms with E-state index in [4.69, 9.17) is 0 Å². The number of urea groups is 1. The van der Waals surface area contributed by atoms with Gasteiger partial charge in [-0.2, -0.15) is 0 Å². The Morgan fingerprint density at radius 3 is 2.50 bits per heavy atom. The first-order chi connectivity index (χ1) is 9.27. The van der Waals surface area contributed by atoms with E-state index in [9.17, 15) is 14.7 Å². The highest BCUT2D eigenvalue weighted by molar-refractivity contribution is 9.11. The van der Waals surface area contributed by atoms with E-state index in [2.05, 4.69) is 37.2 Å². The molecule has 7 heteroatoms. The Hall–Kier alpha value is -1.08. The van der Waals surface area contributed by atoms with Crippen LogP contribution in [0.3, 0.4) is 0 Å². The number of carboxylic acid groups (broad SMARTS) is 1. The number of anilines is 1. The molecule has 1 aromatic carbocycles. The number of nitrogens with zero attached hydrogens (tertiary/aromatic N) is 1. The normalized spacial score (nSPS) is 11.8. The van der Waals surface area contributed by atoms with Crippen LogP contribution in [0.5, 0.6) is 0 Å². The molecule has 2 amide bonds. The molecule has 110 valence electrons. The minimum absolute atomic E-state index is 0.0251. The Morgan fingerprint density at radius 1 is 1.40 bits per heavy atom. The van der Waals surface area contributed by atoms with Crippen LogP contribution < -0.4 is 5.32 Å². The Kier molecular flexibility index (Phi) is 6.01. The zero-order valence-electron chi connectivity index (χ0n) is 11.4. The maximum atomic E-state index is 12.1. The van der Waals surface area contributed by atoms with Gasteiger partial charge >= 0.3 is 12.0 Å². The molecule has 0 radical (unpaired) electrons. The summed E-state index contributed by atoms with van der Waals surface area (Å²) in [6, 6.07) is 2.86. The molecule has 1 unspecified atom stereocenters. The number of amides is 2. The summed E-state index contributed by atoms with van der Waals surface area (Å²) < 4.78 is 1.13. The van der Waals surface area contributed by atoms with Gasteiger partial charge in [-0.3, -0.25) is 0 Å². The van der Waals surface area contributed by atoms with Gasteiger partial charge in [0, 0.05) is 22.0 Å². The van der Waals surface area contributed by atoms with Crippen molar-refractivity contribution < 1.29 is 14.7 Å². The van der Waals surface area contributed by atoms with Gasteiger partial charge in [-0.25, -0.2) is 9.59 Å². The number of benzene rings is 1. The average molecular weight is 408 g/mol. The summed E-state index contributed by atoms with van der Waals surface area (Å²) in [5.41, 5.74) is 0.276. The molecule has 2 N–H and O–H groups in total. The molecule has 0 fully saturated rings. The third-order valence-electron chi connectivity index (χ3n) is 3.09. The summed E-state index contributed by atoms with van der Waals surface area (Å²) >= 11 is 6.50. The minimum Gasteiger partial charge on any atom is -0.478 e. The molecule has 0 aliphatic carbocycles. The smallest absolute Gasteiger partial charge is 0.337 e. The maximum absolute atomic E-state index is 12.1. The van der Waals surface area contributed by atoms with E-state index in [1.165, 1.54) is 6.07 Å². The average Bonchev–Trinajstić information content (AvgIpc) is 2.39. The zero-order valence-corrected chi connectivity index (χ0v) is 14.6. The highest BCUT2D eigenvalue weighted by Crippen LogP contribution is 2.31. The van der Waals surface area contributed by atoms with Crippen LogP contribution in [-0.2, 0) is 0 Å². The molecular formula is C13H16Br2N2O3. The molecule has 0 spiro atoms. The predicted molar refractivity (Wildman–Crippen MR) is 85.3 cm³/mol. The molecule has 0 aliphatic rings. The topological polar surface area (TPSA) is 69.6 Å². The predicted octanol–water partition coefficient (Wildman–Crippen LogP) is 4.17. The van der Waals surface area contributed by atoms with E-state index in [1.807, 2.05) is 13.8 Å². The molecular weight excluding hydrogens is 392 g/mol. The minimum atomic E-state index is -1.10. The highest BCUT2D eigenvalue weighted by atomic mass is 79.9. The first-order valence-corrected chi connectivity index (χ1v) is 7.62. The maximum Gasteiger partial charge on any atom is 0.337 e. The molecule has 0 aliphatic heterocycles. The van der Waals surface area contributed by atoms with Gasteiger partial charge in [-0.05, 0) is 41.4 Å². The Balaban J connectivity index is 3.09. The van der Waals surface area contributed by atoms with Gasteiger partial charge in [0.25, 0.3) is 0 Å². The van der Waals surface area contributed by atoms with Crippen molar-refractivity contribution in [1.82, 2.24) is 4.90 Å².